The van der Waals surface area contributed by atoms with E-state index in [9.17, 15) is 28.2 Å². The number of amides is 1. The molecular formula is C25H23F3N2O4. The van der Waals surface area contributed by atoms with Gasteiger partial charge in [0.1, 0.15) is 18.4 Å². The molecule has 0 fully saturated rings. The first-order valence-corrected chi connectivity index (χ1v) is 10.7. The van der Waals surface area contributed by atoms with E-state index in [1.807, 2.05) is 48.5 Å². The number of fused-ring (bicyclic) bond motifs is 3. The fourth-order valence-electron chi connectivity index (χ4n) is 4.10. The van der Waals surface area contributed by atoms with Crippen LogP contribution in [0, 0.1) is 0 Å². The van der Waals surface area contributed by atoms with E-state index in [2.05, 4.69) is 10.3 Å². The van der Waals surface area contributed by atoms with E-state index in [0.29, 0.717) is 0 Å². The van der Waals surface area contributed by atoms with Crippen LogP contribution in [-0.2, 0) is 10.9 Å². The smallest absolute Gasteiger partial charge is 0.433 e. The van der Waals surface area contributed by atoms with Crippen LogP contribution < -0.4 is 5.32 Å². The number of aromatic nitrogens is 1. The van der Waals surface area contributed by atoms with Crippen LogP contribution in [0.5, 0.6) is 0 Å². The van der Waals surface area contributed by atoms with Crippen LogP contribution >= 0.6 is 0 Å². The number of alkyl carbamates (subject to hydrolysis) is 1. The Hall–Kier alpha value is -3.43. The number of carbonyl (C=O) groups is 1. The van der Waals surface area contributed by atoms with E-state index < -0.39 is 30.2 Å². The zero-order chi connectivity index (χ0) is 24.3. The number of hydrogen-bond acceptors (Lipinski definition) is 5. The summed E-state index contributed by atoms with van der Waals surface area (Å²) in [6.45, 7) is 0.144. The first kappa shape index (κ1) is 23.7. The van der Waals surface area contributed by atoms with E-state index >= 15 is 0 Å². The Morgan fingerprint density at radius 3 is 2.18 bits per heavy atom. The first-order chi connectivity index (χ1) is 16.3. The Labute approximate surface area is 194 Å². The monoisotopic (exact) mass is 472 g/mol. The van der Waals surface area contributed by atoms with Crippen LogP contribution in [0.25, 0.3) is 11.1 Å². The number of carbonyl (C=O) groups excluding carboxylic acids is 1. The number of alkyl halides is 3. The van der Waals surface area contributed by atoms with Crippen molar-refractivity contribution in [3.8, 4) is 11.1 Å². The van der Waals surface area contributed by atoms with E-state index in [0.717, 1.165) is 40.6 Å². The predicted octanol–water partition coefficient (Wildman–Crippen LogP) is 4.42. The van der Waals surface area contributed by atoms with Gasteiger partial charge in [0.2, 0.25) is 0 Å². The number of aliphatic hydroxyl groups is 2. The molecule has 0 saturated heterocycles. The summed E-state index contributed by atoms with van der Waals surface area (Å²) in [4.78, 5) is 15.5. The molecule has 1 aromatic heterocycles. The normalized spacial score (nSPS) is 14.7. The molecule has 9 heteroatoms. The molecule has 1 heterocycles. The highest BCUT2D eigenvalue weighted by atomic mass is 19.4. The molecule has 178 valence electrons. The highest BCUT2D eigenvalue weighted by molar-refractivity contribution is 5.79. The number of nitrogens with zero attached hydrogens (tertiary/aromatic N) is 1. The molecule has 2 atom stereocenters. The Morgan fingerprint density at radius 2 is 1.62 bits per heavy atom. The maximum Gasteiger partial charge on any atom is 0.433 e. The lowest BCUT2D eigenvalue weighted by Crippen LogP contribution is -2.30. The largest absolute Gasteiger partial charge is 0.449 e. The SMILES string of the molecule is O=C(NCCC(O)C(O)c1ccc(C(F)(F)F)nc1)OCC1c2ccccc2-c2ccccc21. The number of benzene rings is 2. The summed E-state index contributed by atoms with van der Waals surface area (Å²) in [6, 6.07) is 17.7. The molecular weight excluding hydrogens is 449 g/mol. The van der Waals surface area contributed by atoms with Gasteiger partial charge in [-0.3, -0.25) is 4.98 Å². The van der Waals surface area contributed by atoms with Gasteiger partial charge < -0.3 is 20.3 Å². The maximum atomic E-state index is 12.6. The number of rotatable bonds is 7. The fraction of sp³-hybridized carbons (Fsp3) is 0.280. The molecule has 34 heavy (non-hydrogen) atoms. The number of ether oxygens (including phenoxy) is 1. The quantitative estimate of drug-likeness (QED) is 0.474. The van der Waals surface area contributed by atoms with Gasteiger partial charge in [-0.2, -0.15) is 13.2 Å². The number of hydrogen-bond donors (Lipinski definition) is 3. The molecule has 2 aromatic carbocycles. The fourth-order valence-corrected chi connectivity index (χ4v) is 4.10. The molecule has 3 N–H and O–H groups in total. The lowest BCUT2D eigenvalue weighted by molar-refractivity contribution is -0.141. The molecule has 0 bridgehead atoms. The predicted molar refractivity (Wildman–Crippen MR) is 118 cm³/mol. The van der Waals surface area contributed by atoms with Crippen LogP contribution in [-0.4, -0.2) is 40.5 Å². The van der Waals surface area contributed by atoms with Crippen molar-refractivity contribution in [2.75, 3.05) is 13.2 Å². The van der Waals surface area contributed by atoms with E-state index in [1.165, 1.54) is 0 Å². The third-order valence-corrected chi connectivity index (χ3v) is 5.84. The molecule has 0 radical (unpaired) electrons. The minimum atomic E-state index is -4.59. The summed E-state index contributed by atoms with van der Waals surface area (Å²) in [5, 5.41) is 22.8. The third-order valence-electron chi connectivity index (χ3n) is 5.84. The highest BCUT2D eigenvalue weighted by Gasteiger charge is 2.33. The lowest BCUT2D eigenvalue weighted by atomic mass is 9.98. The van der Waals surface area contributed by atoms with Gasteiger partial charge in [-0.05, 0) is 34.7 Å². The summed E-state index contributed by atoms with van der Waals surface area (Å²) in [7, 11) is 0. The van der Waals surface area contributed by atoms with Crippen molar-refractivity contribution >= 4 is 6.09 Å². The summed E-state index contributed by atoms with van der Waals surface area (Å²) >= 11 is 0. The van der Waals surface area contributed by atoms with Crippen molar-refractivity contribution in [3.63, 3.8) is 0 Å². The Balaban J connectivity index is 1.26. The van der Waals surface area contributed by atoms with Gasteiger partial charge in [0.25, 0.3) is 0 Å². The van der Waals surface area contributed by atoms with Crippen LogP contribution in [0.3, 0.4) is 0 Å². The number of nitrogens with one attached hydrogen (secondary N) is 1. The topological polar surface area (TPSA) is 91.7 Å². The Morgan fingerprint density at radius 1 is 1.00 bits per heavy atom. The second-order valence-electron chi connectivity index (χ2n) is 8.03. The molecule has 2 unspecified atom stereocenters. The van der Waals surface area contributed by atoms with E-state index in [-0.39, 0.29) is 31.1 Å². The van der Waals surface area contributed by atoms with Gasteiger partial charge in [-0.1, -0.05) is 54.6 Å². The van der Waals surface area contributed by atoms with Gasteiger partial charge in [0.15, 0.2) is 0 Å². The van der Waals surface area contributed by atoms with Crippen LogP contribution in [0.2, 0.25) is 0 Å². The average Bonchev–Trinajstić information content (AvgIpc) is 3.15. The van der Waals surface area contributed by atoms with Gasteiger partial charge in [0, 0.05) is 24.2 Å². The number of pyridine rings is 1. The zero-order valence-corrected chi connectivity index (χ0v) is 18.0. The molecule has 4 rings (SSSR count). The molecule has 1 aliphatic carbocycles. The van der Waals surface area contributed by atoms with Gasteiger partial charge in [-0.15, -0.1) is 0 Å². The minimum Gasteiger partial charge on any atom is -0.449 e. The highest BCUT2D eigenvalue weighted by Crippen LogP contribution is 2.44. The Bertz CT molecular complexity index is 1110. The number of aliphatic hydroxyl groups excluding tert-OH is 2. The van der Waals surface area contributed by atoms with Crippen LogP contribution in [0.4, 0.5) is 18.0 Å². The van der Waals surface area contributed by atoms with Crippen molar-refractivity contribution in [3.05, 3.63) is 89.2 Å². The van der Waals surface area contributed by atoms with Crippen molar-refractivity contribution in [2.45, 2.75) is 30.7 Å². The molecule has 1 amide bonds. The zero-order valence-electron chi connectivity index (χ0n) is 18.0. The molecule has 6 nitrogen and oxygen atoms in total. The molecule has 0 saturated carbocycles. The van der Waals surface area contributed by atoms with Crippen molar-refractivity contribution in [1.29, 1.82) is 0 Å². The second-order valence-corrected chi connectivity index (χ2v) is 8.03. The standard InChI is InChI=1S/C25H23F3N2O4/c26-25(27,28)22-10-9-15(13-30-22)23(32)21(31)11-12-29-24(33)34-14-20-18-7-3-1-5-16(18)17-6-2-4-8-19(17)20/h1-10,13,20-21,23,31-32H,11-12,14H2,(H,29,33). The third kappa shape index (κ3) is 5.05. The molecule has 1 aliphatic rings. The van der Waals surface area contributed by atoms with Gasteiger partial charge >= 0.3 is 12.3 Å². The molecule has 3 aromatic rings. The maximum absolute atomic E-state index is 12.6. The summed E-state index contributed by atoms with van der Waals surface area (Å²) in [6.07, 6.45) is -7.18. The minimum absolute atomic E-state index is 0.00294. The van der Waals surface area contributed by atoms with Crippen molar-refractivity contribution in [1.82, 2.24) is 10.3 Å². The first-order valence-electron chi connectivity index (χ1n) is 10.7. The van der Waals surface area contributed by atoms with Gasteiger partial charge in [0.05, 0.1) is 6.10 Å². The van der Waals surface area contributed by atoms with Crippen molar-refractivity contribution in [2.24, 2.45) is 0 Å². The average molecular weight is 472 g/mol. The number of halogens is 3. The Kier molecular flexibility index (Phi) is 6.85. The van der Waals surface area contributed by atoms with Gasteiger partial charge in [-0.25, -0.2) is 4.79 Å². The van der Waals surface area contributed by atoms with E-state index in [4.69, 9.17) is 4.74 Å². The second kappa shape index (κ2) is 9.82. The molecule has 0 aliphatic heterocycles. The van der Waals surface area contributed by atoms with Crippen molar-refractivity contribution < 1.29 is 32.9 Å². The van der Waals surface area contributed by atoms with Crippen LogP contribution in [0.1, 0.15) is 40.8 Å². The molecule has 0 spiro atoms. The van der Waals surface area contributed by atoms with E-state index in [1.54, 1.807) is 0 Å². The van der Waals surface area contributed by atoms with Crippen LogP contribution in [0.15, 0.2) is 66.9 Å². The lowest BCUT2D eigenvalue weighted by Gasteiger charge is -2.19. The summed E-state index contributed by atoms with van der Waals surface area (Å²) in [5.41, 5.74) is 3.35. The summed E-state index contributed by atoms with van der Waals surface area (Å²) < 4.78 is 43.2. The summed E-state index contributed by atoms with van der Waals surface area (Å²) in [5.74, 6) is -0.0854.